The van der Waals surface area contributed by atoms with E-state index in [0.717, 1.165) is 4.31 Å². The summed E-state index contributed by atoms with van der Waals surface area (Å²) in [6, 6.07) is 5.04. The van der Waals surface area contributed by atoms with E-state index >= 15 is 0 Å². The quantitative estimate of drug-likeness (QED) is 0.781. The summed E-state index contributed by atoms with van der Waals surface area (Å²) in [5, 5.41) is 8.64. The monoisotopic (exact) mass is 239 g/mol. The van der Waals surface area contributed by atoms with Gasteiger partial charge < -0.3 is 0 Å². The fourth-order valence-electron chi connectivity index (χ4n) is 1.20. The molecular weight excluding hydrogens is 226 g/mol. The Balaban J connectivity index is 2.92. The smallest absolute Gasteiger partial charge is 0.244 e. The van der Waals surface area contributed by atoms with Crippen LogP contribution < -0.4 is 0 Å². The predicted molar refractivity (Wildman–Crippen MR) is 58.8 cm³/mol. The van der Waals surface area contributed by atoms with Gasteiger partial charge in [-0.3, -0.25) is 4.98 Å². The molecule has 1 heterocycles. The maximum absolute atomic E-state index is 12.0. The Hall–Kier alpha value is -1.45. The Morgan fingerprint density at radius 1 is 1.62 bits per heavy atom. The second-order valence-electron chi connectivity index (χ2n) is 3.50. The number of hydrogen-bond donors (Lipinski definition) is 0. The number of nitriles is 1. The van der Waals surface area contributed by atoms with Gasteiger partial charge in [0.1, 0.15) is 4.90 Å². The van der Waals surface area contributed by atoms with Crippen molar-refractivity contribution in [2.75, 3.05) is 13.6 Å². The Kier molecular flexibility index (Phi) is 3.99. The van der Waals surface area contributed by atoms with Crippen LogP contribution in [0.4, 0.5) is 0 Å². The second-order valence-corrected chi connectivity index (χ2v) is 5.55. The topological polar surface area (TPSA) is 74.1 Å². The zero-order valence-electron chi connectivity index (χ0n) is 9.16. The molecule has 0 radical (unpaired) electrons. The van der Waals surface area contributed by atoms with Crippen LogP contribution >= 0.6 is 0 Å². The van der Waals surface area contributed by atoms with Gasteiger partial charge in [0.15, 0.2) is 0 Å². The van der Waals surface area contributed by atoms with Crippen molar-refractivity contribution < 1.29 is 8.42 Å². The van der Waals surface area contributed by atoms with E-state index in [9.17, 15) is 8.42 Å². The maximum atomic E-state index is 12.0. The van der Waals surface area contributed by atoms with Crippen molar-refractivity contribution in [3.63, 3.8) is 0 Å². The molecule has 1 aromatic rings. The Morgan fingerprint density at radius 3 is 2.81 bits per heavy atom. The summed E-state index contributed by atoms with van der Waals surface area (Å²) in [5.74, 6) is -0.337. The average molecular weight is 239 g/mol. The zero-order chi connectivity index (χ0) is 12.2. The zero-order valence-corrected chi connectivity index (χ0v) is 9.98. The summed E-state index contributed by atoms with van der Waals surface area (Å²) in [7, 11) is -2.07. The van der Waals surface area contributed by atoms with E-state index in [0.29, 0.717) is 0 Å². The fourth-order valence-corrected chi connectivity index (χ4v) is 2.43. The lowest BCUT2D eigenvalue weighted by Crippen LogP contribution is -2.30. The minimum atomic E-state index is -3.52. The van der Waals surface area contributed by atoms with Crippen molar-refractivity contribution in [3.8, 4) is 6.07 Å². The molecule has 0 fully saturated rings. The molecule has 0 aromatic carbocycles. The van der Waals surface area contributed by atoms with Crippen molar-refractivity contribution in [3.05, 3.63) is 24.5 Å². The van der Waals surface area contributed by atoms with Crippen LogP contribution in [0.15, 0.2) is 29.4 Å². The van der Waals surface area contributed by atoms with Gasteiger partial charge in [-0.25, -0.2) is 8.42 Å². The molecule has 0 spiro atoms. The number of pyridine rings is 1. The lowest BCUT2D eigenvalue weighted by molar-refractivity contribution is 0.439. The second kappa shape index (κ2) is 5.05. The summed E-state index contributed by atoms with van der Waals surface area (Å²) in [4.78, 5) is 3.90. The highest BCUT2D eigenvalue weighted by Gasteiger charge is 2.22. The summed E-state index contributed by atoms with van der Waals surface area (Å²) in [6.45, 7) is 1.85. The van der Waals surface area contributed by atoms with Crippen molar-refractivity contribution >= 4 is 10.0 Å². The summed E-state index contributed by atoms with van der Waals surface area (Å²) in [6.07, 6.45) is 2.81. The Labute approximate surface area is 95.4 Å². The van der Waals surface area contributed by atoms with Gasteiger partial charge in [-0.05, 0) is 19.1 Å². The van der Waals surface area contributed by atoms with Crippen LogP contribution in [0.2, 0.25) is 0 Å². The van der Waals surface area contributed by atoms with Crippen LogP contribution in [0.5, 0.6) is 0 Å². The number of aromatic nitrogens is 1. The van der Waals surface area contributed by atoms with Gasteiger partial charge in [0.05, 0.1) is 12.0 Å². The number of rotatable bonds is 4. The number of nitrogens with zero attached hydrogens (tertiary/aromatic N) is 3. The van der Waals surface area contributed by atoms with Crippen molar-refractivity contribution in [2.24, 2.45) is 5.92 Å². The summed E-state index contributed by atoms with van der Waals surface area (Å²) < 4.78 is 25.1. The first-order chi connectivity index (χ1) is 7.48. The highest BCUT2D eigenvalue weighted by Crippen LogP contribution is 2.13. The maximum Gasteiger partial charge on any atom is 0.244 e. The molecule has 0 aliphatic rings. The van der Waals surface area contributed by atoms with E-state index in [-0.39, 0.29) is 17.4 Å². The van der Waals surface area contributed by atoms with Gasteiger partial charge in [-0.2, -0.15) is 9.57 Å². The molecule has 0 saturated heterocycles. The molecule has 16 heavy (non-hydrogen) atoms. The highest BCUT2D eigenvalue weighted by molar-refractivity contribution is 7.89. The molecule has 86 valence electrons. The van der Waals surface area contributed by atoms with Gasteiger partial charge in [0, 0.05) is 26.0 Å². The first-order valence-corrected chi connectivity index (χ1v) is 6.18. The molecule has 1 unspecified atom stereocenters. The van der Waals surface area contributed by atoms with Crippen molar-refractivity contribution in [2.45, 2.75) is 11.8 Å². The summed E-state index contributed by atoms with van der Waals surface area (Å²) >= 11 is 0. The van der Waals surface area contributed by atoms with E-state index in [1.807, 2.05) is 6.07 Å². The molecule has 1 rings (SSSR count). The first kappa shape index (κ1) is 12.6. The molecule has 0 bridgehead atoms. The molecule has 1 atom stereocenters. The highest BCUT2D eigenvalue weighted by atomic mass is 32.2. The molecule has 0 aliphatic heterocycles. The first-order valence-electron chi connectivity index (χ1n) is 4.74. The van der Waals surface area contributed by atoms with Gasteiger partial charge >= 0.3 is 0 Å². The molecule has 0 amide bonds. The Bertz CT molecular complexity index is 479. The number of sulfonamides is 1. The van der Waals surface area contributed by atoms with Gasteiger partial charge in [0.25, 0.3) is 0 Å². The SMILES string of the molecule is CC(C#N)CN(C)S(=O)(=O)c1cccnc1. The van der Waals surface area contributed by atoms with Crippen LogP contribution in [-0.4, -0.2) is 31.3 Å². The van der Waals surface area contributed by atoms with Crippen LogP contribution in [0.1, 0.15) is 6.92 Å². The third-order valence-corrected chi connectivity index (χ3v) is 3.90. The minimum absolute atomic E-state index is 0.141. The van der Waals surface area contributed by atoms with Crippen LogP contribution in [0, 0.1) is 17.2 Å². The molecular formula is C10H13N3O2S. The molecule has 1 aromatic heterocycles. The van der Waals surface area contributed by atoms with Crippen LogP contribution in [0.3, 0.4) is 0 Å². The lowest BCUT2D eigenvalue weighted by atomic mass is 10.2. The standard InChI is InChI=1S/C10H13N3O2S/c1-9(6-11)8-13(2)16(14,15)10-4-3-5-12-7-10/h3-5,7,9H,8H2,1-2H3. The third kappa shape index (κ3) is 2.78. The van der Waals surface area contributed by atoms with E-state index in [1.54, 1.807) is 13.0 Å². The minimum Gasteiger partial charge on any atom is -0.263 e. The largest absolute Gasteiger partial charge is 0.263 e. The average Bonchev–Trinajstić information content (AvgIpc) is 2.29. The number of hydrogen-bond acceptors (Lipinski definition) is 4. The van der Waals surface area contributed by atoms with Crippen LogP contribution in [0.25, 0.3) is 0 Å². The van der Waals surface area contributed by atoms with Gasteiger partial charge in [-0.15, -0.1) is 0 Å². The molecule has 0 N–H and O–H groups in total. The van der Waals surface area contributed by atoms with E-state index in [2.05, 4.69) is 4.98 Å². The van der Waals surface area contributed by atoms with E-state index in [4.69, 9.17) is 5.26 Å². The molecule has 0 aliphatic carbocycles. The van der Waals surface area contributed by atoms with E-state index in [1.165, 1.54) is 25.5 Å². The van der Waals surface area contributed by atoms with Crippen molar-refractivity contribution in [1.82, 2.24) is 9.29 Å². The lowest BCUT2D eigenvalue weighted by Gasteiger charge is -2.17. The Morgan fingerprint density at radius 2 is 2.31 bits per heavy atom. The van der Waals surface area contributed by atoms with Gasteiger partial charge in [0.2, 0.25) is 10.0 Å². The normalized spacial score (nSPS) is 13.4. The van der Waals surface area contributed by atoms with Crippen LogP contribution in [-0.2, 0) is 10.0 Å². The fraction of sp³-hybridized carbons (Fsp3) is 0.400. The summed E-state index contributed by atoms with van der Waals surface area (Å²) in [5.41, 5.74) is 0. The predicted octanol–water partition coefficient (Wildman–Crippen LogP) is 0.862. The molecule has 5 nitrogen and oxygen atoms in total. The molecule has 6 heteroatoms. The van der Waals surface area contributed by atoms with Gasteiger partial charge in [-0.1, -0.05) is 0 Å². The molecule has 0 saturated carbocycles. The van der Waals surface area contributed by atoms with Crippen molar-refractivity contribution in [1.29, 1.82) is 5.26 Å². The third-order valence-electron chi connectivity index (χ3n) is 2.09. The van der Waals surface area contributed by atoms with E-state index < -0.39 is 10.0 Å².